The van der Waals surface area contributed by atoms with Gasteiger partial charge in [0.1, 0.15) is 6.10 Å². The van der Waals surface area contributed by atoms with Gasteiger partial charge < -0.3 is 24.4 Å². The first kappa shape index (κ1) is 18.1. The van der Waals surface area contributed by atoms with Crippen molar-refractivity contribution in [2.75, 3.05) is 33.0 Å². The lowest BCUT2D eigenvalue weighted by atomic mass is 9.95. The van der Waals surface area contributed by atoms with Crippen molar-refractivity contribution in [2.45, 2.75) is 38.2 Å². The van der Waals surface area contributed by atoms with Gasteiger partial charge in [-0.2, -0.15) is 0 Å². The number of benzene rings is 1. The number of ether oxygens (including phenoxy) is 3. The van der Waals surface area contributed by atoms with Gasteiger partial charge in [0.05, 0.1) is 0 Å². The fourth-order valence-electron chi connectivity index (χ4n) is 3.91. The largest absolute Gasteiger partial charge is 0.454 e. The lowest BCUT2D eigenvalue weighted by molar-refractivity contribution is -0.143. The molecule has 0 saturated carbocycles. The minimum absolute atomic E-state index is 0.0182. The van der Waals surface area contributed by atoms with Crippen molar-refractivity contribution in [3.05, 3.63) is 23.8 Å². The third-order valence-corrected chi connectivity index (χ3v) is 5.53. The van der Waals surface area contributed by atoms with Gasteiger partial charge in [0.2, 0.25) is 12.7 Å². The molecule has 3 heterocycles. The summed E-state index contributed by atoms with van der Waals surface area (Å²) in [5, 5.41) is 3.03. The van der Waals surface area contributed by atoms with Gasteiger partial charge in [0.15, 0.2) is 11.5 Å². The molecule has 27 heavy (non-hydrogen) atoms. The number of fused-ring (bicyclic) bond motifs is 1. The summed E-state index contributed by atoms with van der Waals surface area (Å²) in [6.45, 7) is 2.81. The monoisotopic (exact) mass is 374 g/mol. The Labute approximate surface area is 158 Å². The topological polar surface area (TPSA) is 77.1 Å². The normalized spacial score (nSPS) is 22.1. The number of nitrogens with zero attached hydrogens (tertiary/aromatic N) is 1. The van der Waals surface area contributed by atoms with Gasteiger partial charge in [-0.15, -0.1) is 0 Å². The van der Waals surface area contributed by atoms with E-state index < -0.39 is 0 Å². The molecule has 7 heteroatoms. The van der Waals surface area contributed by atoms with E-state index in [1.807, 2.05) is 23.1 Å². The van der Waals surface area contributed by atoms with Crippen molar-refractivity contribution in [3.8, 4) is 11.5 Å². The molecule has 1 aromatic carbocycles. The second kappa shape index (κ2) is 8.17. The predicted molar refractivity (Wildman–Crippen MR) is 97.6 cm³/mol. The second-order valence-corrected chi connectivity index (χ2v) is 7.33. The van der Waals surface area contributed by atoms with Gasteiger partial charge >= 0.3 is 0 Å². The summed E-state index contributed by atoms with van der Waals surface area (Å²) in [4.78, 5) is 26.6. The van der Waals surface area contributed by atoms with Gasteiger partial charge in [0, 0.05) is 32.2 Å². The molecule has 1 aromatic rings. The number of hydrogen-bond acceptors (Lipinski definition) is 5. The van der Waals surface area contributed by atoms with E-state index in [0.29, 0.717) is 39.1 Å². The molecule has 0 aliphatic carbocycles. The third-order valence-electron chi connectivity index (χ3n) is 5.53. The molecule has 0 radical (unpaired) electrons. The van der Waals surface area contributed by atoms with Crippen LogP contribution in [0.2, 0.25) is 0 Å². The molecule has 1 atom stereocenters. The zero-order chi connectivity index (χ0) is 18.6. The minimum atomic E-state index is -0.267. The maximum absolute atomic E-state index is 12.4. The maximum Gasteiger partial charge on any atom is 0.251 e. The molecular weight excluding hydrogens is 348 g/mol. The van der Waals surface area contributed by atoms with Crippen LogP contribution in [0.3, 0.4) is 0 Å². The number of likely N-dealkylation sites (tertiary alicyclic amines) is 1. The van der Waals surface area contributed by atoms with Crippen LogP contribution in [0.4, 0.5) is 0 Å². The van der Waals surface area contributed by atoms with E-state index in [0.717, 1.165) is 36.3 Å². The number of carbonyl (C=O) groups excluding carboxylic acids is 2. The van der Waals surface area contributed by atoms with E-state index in [9.17, 15) is 9.59 Å². The lowest BCUT2D eigenvalue weighted by Crippen LogP contribution is -2.46. The first-order valence-electron chi connectivity index (χ1n) is 9.77. The molecule has 3 aliphatic rings. The van der Waals surface area contributed by atoms with E-state index in [1.54, 1.807) is 0 Å². The van der Waals surface area contributed by atoms with Crippen LogP contribution in [-0.4, -0.2) is 55.9 Å². The summed E-state index contributed by atoms with van der Waals surface area (Å²) in [5.41, 5.74) is 1.11. The number of hydrogen-bond donors (Lipinski definition) is 1. The summed E-state index contributed by atoms with van der Waals surface area (Å²) in [5.74, 6) is 1.69. The minimum Gasteiger partial charge on any atom is -0.454 e. The van der Waals surface area contributed by atoms with Crippen molar-refractivity contribution < 1.29 is 23.8 Å². The highest BCUT2D eigenvalue weighted by Gasteiger charge is 2.32. The number of carbonyl (C=O) groups is 2. The van der Waals surface area contributed by atoms with Gasteiger partial charge in [0.25, 0.3) is 5.91 Å². The molecule has 0 spiro atoms. The average molecular weight is 374 g/mol. The molecule has 146 valence electrons. The van der Waals surface area contributed by atoms with E-state index >= 15 is 0 Å². The third kappa shape index (κ3) is 4.18. The maximum atomic E-state index is 12.4. The Morgan fingerprint density at radius 1 is 1.11 bits per heavy atom. The Bertz CT molecular complexity index is 694. The second-order valence-electron chi connectivity index (χ2n) is 7.33. The lowest BCUT2D eigenvalue weighted by Gasteiger charge is -2.32. The fourth-order valence-corrected chi connectivity index (χ4v) is 3.91. The predicted octanol–water partition coefficient (Wildman–Crippen LogP) is 1.49. The van der Waals surface area contributed by atoms with Gasteiger partial charge in [-0.3, -0.25) is 9.59 Å². The summed E-state index contributed by atoms with van der Waals surface area (Å²) in [7, 11) is 0. The van der Waals surface area contributed by atoms with Crippen molar-refractivity contribution in [1.29, 1.82) is 0 Å². The van der Waals surface area contributed by atoms with Crippen LogP contribution < -0.4 is 14.8 Å². The highest BCUT2D eigenvalue weighted by molar-refractivity contribution is 5.82. The molecule has 1 unspecified atom stereocenters. The molecule has 4 rings (SSSR count). The SMILES string of the molecule is O=C(NCCc1ccc2c(c1)OCO2)C1CCN(C(=O)C2CCCO2)CC1. The Kier molecular flexibility index (Phi) is 5.48. The first-order chi connectivity index (χ1) is 13.2. The van der Waals surface area contributed by atoms with E-state index in [1.165, 1.54) is 0 Å². The molecule has 0 aromatic heterocycles. The highest BCUT2D eigenvalue weighted by Crippen LogP contribution is 2.32. The Balaban J connectivity index is 1.19. The smallest absolute Gasteiger partial charge is 0.251 e. The quantitative estimate of drug-likeness (QED) is 0.845. The number of piperidine rings is 1. The summed E-state index contributed by atoms with van der Waals surface area (Å²) < 4.78 is 16.2. The molecule has 3 aliphatic heterocycles. The summed E-state index contributed by atoms with van der Waals surface area (Å²) in [6, 6.07) is 5.86. The molecule has 2 amide bonds. The molecule has 2 fully saturated rings. The van der Waals surface area contributed by atoms with E-state index in [4.69, 9.17) is 14.2 Å². The van der Waals surface area contributed by atoms with Crippen LogP contribution in [0.25, 0.3) is 0 Å². The molecular formula is C20H26N2O5. The van der Waals surface area contributed by atoms with Crippen LogP contribution in [0.5, 0.6) is 11.5 Å². The average Bonchev–Trinajstić information content (AvgIpc) is 3.39. The number of nitrogens with one attached hydrogen (secondary N) is 1. The first-order valence-corrected chi connectivity index (χ1v) is 9.77. The van der Waals surface area contributed by atoms with Crippen molar-refractivity contribution in [1.82, 2.24) is 10.2 Å². The Morgan fingerprint density at radius 2 is 1.93 bits per heavy atom. The highest BCUT2D eigenvalue weighted by atomic mass is 16.7. The number of amides is 2. The molecule has 1 N–H and O–H groups in total. The van der Waals surface area contributed by atoms with Crippen molar-refractivity contribution >= 4 is 11.8 Å². The Morgan fingerprint density at radius 3 is 2.70 bits per heavy atom. The fraction of sp³-hybridized carbons (Fsp3) is 0.600. The number of rotatable bonds is 5. The van der Waals surface area contributed by atoms with Crippen LogP contribution in [0.15, 0.2) is 18.2 Å². The van der Waals surface area contributed by atoms with Crippen LogP contribution >= 0.6 is 0 Å². The van der Waals surface area contributed by atoms with Gasteiger partial charge in [-0.25, -0.2) is 0 Å². The van der Waals surface area contributed by atoms with Crippen molar-refractivity contribution in [3.63, 3.8) is 0 Å². The van der Waals surface area contributed by atoms with Gasteiger partial charge in [-0.05, 0) is 49.8 Å². The zero-order valence-corrected chi connectivity index (χ0v) is 15.4. The van der Waals surface area contributed by atoms with Crippen LogP contribution in [0, 0.1) is 5.92 Å². The van der Waals surface area contributed by atoms with Crippen LogP contribution in [0.1, 0.15) is 31.2 Å². The van der Waals surface area contributed by atoms with Gasteiger partial charge in [-0.1, -0.05) is 6.07 Å². The molecule has 0 bridgehead atoms. The summed E-state index contributed by atoms with van der Waals surface area (Å²) >= 11 is 0. The molecule has 2 saturated heterocycles. The standard InChI is InChI=1S/C20H26N2O5/c23-19(21-8-5-14-3-4-16-18(12-14)27-13-26-16)15-6-9-22(10-7-15)20(24)17-2-1-11-25-17/h3-4,12,15,17H,1-2,5-11,13H2,(H,21,23). The van der Waals surface area contributed by atoms with E-state index in [-0.39, 0.29) is 30.6 Å². The molecule has 7 nitrogen and oxygen atoms in total. The van der Waals surface area contributed by atoms with Crippen molar-refractivity contribution in [2.24, 2.45) is 5.92 Å². The summed E-state index contributed by atoms with van der Waals surface area (Å²) in [6.07, 6.45) is 3.69. The Hall–Kier alpha value is -2.28. The zero-order valence-electron chi connectivity index (χ0n) is 15.4. The van der Waals surface area contributed by atoms with E-state index in [2.05, 4.69) is 5.32 Å². The van der Waals surface area contributed by atoms with Crippen LogP contribution in [-0.2, 0) is 20.7 Å².